The third-order valence-corrected chi connectivity index (χ3v) is 4.45. The first-order valence-electron chi connectivity index (χ1n) is 8.56. The molecule has 23 heavy (non-hydrogen) atoms. The Kier molecular flexibility index (Phi) is 5.79. The van der Waals surface area contributed by atoms with Crippen molar-refractivity contribution in [2.45, 2.75) is 71.9 Å². The largest absolute Gasteiger partial charge is 0.367 e. The lowest BCUT2D eigenvalue weighted by Crippen LogP contribution is -2.49. The third-order valence-electron chi connectivity index (χ3n) is 4.45. The van der Waals surface area contributed by atoms with Gasteiger partial charge in [0.1, 0.15) is 5.82 Å². The highest BCUT2D eigenvalue weighted by atomic mass is 19.1. The van der Waals surface area contributed by atoms with Crippen molar-refractivity contribution in [3.8, 4) is 0 Å². The van der Waals surface area contributed by atoms with E-state index >= 15 is 0 Å². The zero-order valence-corrected chi connectivity index (χ0v) is 14.6. The van der Waals surface area contributed by atoms with Gasteiger partial charge in [0.05, 0.1) is 11.5 Å². The van der Waals surface area contributed by atoms with Crippen LogP contribution in [0, 0.1) is 11.2 Å². The smallest absolute Gasteiger partial charge is 0.330 e. The van der Waals surface area contributed by atoms with Crippen molar-refractivity contribution < 1.29 is 14.0 Å². The highest BCUT2D eigenvalue weighted by Crippen LogP contribution is 2.29. The lowest BCUT2D eigenvalue weighted by molar-refractivity contribution is -0.233. The van der Waals surface area contributed by atoms with E-state index in [0.29, 0.717) is 0 Å². The minimum Gasteiger partial charge on any atom is -0.367 e. The van der Waals surface area contributed by atoms with Crippen molar-refractivity contribution in [3.63, 3.8) is 0 Å². The Labute approximate surface area is 138 Å². The average molecular weight is 321 g/mol. The van der Waals surface area contributed by atoms with Crippen LogP contribution in [0.15, 0.2) is 24.3 Å². The number of hydroxylamine groups is 2. The van der Waals surface area contributed by atoms with Crippen LogP contribution in [0.5, 0.6) is 0 Å². The minimum absolute atomic E-state index is 0.158. The minimum atomic E-state index is -0.518. The Morgan fingerprint density at radius 2 is 1.83 bits per heavy atom. The van der Waals surface area contributed by atoms with Gasteiger partial charge in [-0.15, -0.1) is 5.06 Å². The van der Waals surface area contributed by atoms with Crippen LogP contribution in [0.3, 0.4) is 0 Å². The van der Waals surface area contributed by atoms with Crippen LogP contribution in [0.2, 0.25) is 0 Å². The fourth-order valence-electron chi connectivity index (χ4n) is 2.99. The first-order valence-corrected chi connectivity index (χ1v) is 8.56. The highest BCUT2D eigenvalue weighted by Gasteiger charge is 2.35. The maximum Gasteiger partial charge on any atom is 0.330 e. The number of benzene rings is 1. The summed E-state index contributed by atoms with van der Waals surface area (Å²) in [6.45, 7) is 7.74. The van der Waals surface area contributed by atoms with E-state index < -0.39 is 5.41 Å². The lowest BCUT2D eigenvalue weighted by atomic mass is 9.92. The molecule has 0 radical (unpaired) electrons. The molecule has 1 saturated heterocycles. The Hall–Kier alpha value is -1.42. The second kappa shape index (κ2) is 7.43. The Balaban J connectivity index is 2.13. The normalized spacial score (nSPS) is 22.8. The summed E-state index contributed by atoms with van der Waals surface area (Å²) in [6.07, 6.45) is 4.90. The molecule has 0 aromatic heterocycles. The van der Waals surface area contributed by atoms with Gasteiger partial charge in [0, 0.05) is 6.04 Å². The molecule has 2 rings (SSSR count). The molecule has 1 aromatic carbocycles. The van der Waals surface area contributed by atoms with Crippen molar-refractivity contribution in [1.29, 1.82) is 0 Å². The van der Waals surface area contributed by atoms with E-state index in [2.05, 4.69) is 6.92 Å². The molecule has 1 aromatic rings. The van der Waals surface area contributed by atoms with E-state index in [1.54, 1.807) is 0 Å². The quantitative estimate of drug-likeness (QED) is 0.817. The second-order valence-electron chi connectivity index (χ2n) is 7.47. The Morgan fingerprint density at radius 3 is 2.39 bits per heavy atom. The van der Waals surface area contributed by atoms with E-state index in [4.69, 9.17) is 4.84 Å². The van der Waals surface area contributed by atoms with Crippen LogP contribution in [0.4, 0.5) is 4.39 Å². The van der Waals surface area contributed by atoms with Crippen LogP contribution in [-0.2, 0) is 16.1 Å². The van der Waals surface area contributed by atoms with Crippen LogP contribution in [-0.4, -0.2) is 23.1 Å². The molecule has 0 N–H and O–H groups in total. The summed E-state index contributed by atoms with van der Waals surface area (Å²) >= 11 is 0. The fourth-order valence-corrected chi connectivity index (χ4v) is 2.99. The van der Waals surface area contributed by atoms with E-state index in [1.165, 1.54) is 12.1 Å². The topological polar surface area (TPSA) is 29.5 Å². The van der Waals surface area contributed by atoms with Gasteiger partial charge in [-0.25, -0.2) is 9.18 Å². The van der Waals surface area contributed by atoms with Gasteiger partial charge in [0.15, 0.2) is 0 Å². The van der Waals surface area contributed by atoms with E-state index in [1.807, 2.05) is 38.0 Å². The molecule has 2 unspecified atom stereocenters. The van der Waals surface area contributed by atoms with Crippen molar-refractivity contribution in [2.75, 3.05) is 0 Å². The van der Waals surface area contributed by atoms with Gasteiger partial charge in [-0.1, -0.05) is 25.5 Å². The first kappa shape index (κ1) is 17.9. The van der Waals surface area contributed by atoms with Gasteiger partial charge >= 0.3 is 5.97 Å². The summed E-state index contributed by atoms with van der Waals surface area (Å²) in [5, 5.41) is 1.92. The number of piperidine rings is 1. The molecule has 1 heterocycles. The number of halogens is 1. The summed E-state index contributed by atoms with van der Waals surface area (Å²) in [5.74, 6) is -0.415. The van der Waals surface area contributed by atoms with Gasteiger partial charge in [-0.05, 0) is 64.2 Å². The maximum absolute atomic E-state index is 13.1. The second-order valence-corrected chi connectivity index (χ2v) is 7.47. The fraction of sp³-hybridized carbons (Fsp3) is 0.632. The molecule has 1 fully saturated rings. The molecule has 1 aliphatic heterocycles. The van der Waals surface area contributed by atoms with Crippen LogP contribution >= 0.6 is 0 Å². The van der Waals surface area contributed by atoms with Crippen molar-refractivity contribution >= 4 is 5.97 Å². The maximum atomic E-state index is 13.1. The molecule has 2 atom stereocenters. The number of nitrogens with zero attached hydrogens (tertiary/aromatic N) is 1. The Bertz CT molecular complexity index is 521. The molecular weight excluding hydrogens is 293 g/mol. The summed E-state index contributed by atoms with van der Waals surface area (Å²) in [5.41, 5.74) is 0.556. The van der Waals surface area contributed by atoms with Gasteiger partial charge in [-0.3, -0.25) is 0 Å². The summed E-state index contributed by atoms with van der Waals surface area (Å²) in [4.78, 5) is 18.1. The number of carbonyl (C=O) groups excluding carboxylic acids is 1. The van der Waals surface area contributed by atoms with E-state index in [9.17, 15) is 9.18 Å². The number of hydrogen-bond donors (Lipinski definition) is 0. The predicted molar refractivity (Wildman–Crippen MR) is 89.2 cm³/mol. The monoisotopic (exact) mass is 321 g/mol. The standard InChI is InChI=1S/C19H28FNO2/c1-5-16-7-6-8-17(13-14-9-11-15(20)12-10-14)21(16)23-18(22)19(2,3)4/h9-12,16-17H,5-8,13H2,1-4H3. The molecule has 0 saturated carbocycles. The number of carbonyl (C=O) groups is 1. The van der Waals surface area contributed by atoms with Gasteiger partial charge < -0.3 is 4.84 Å². The molecular formula is C19H28FNO2. The molecule has 0 amide bonds. The summed E-state index contributed by atoms with van der Waals surface area (Å²) in [7, 11) is 0. The summed E-state index contributed by atoms with van der Waals surface area (Å²) in [6, 6.07) is 7.02. The number of rotatable bonds is 4. The SMILES string of the molecule is CCC1CCCC(Cc2ccc(F)cc2)N1OC(=O)C(C)(C)C. The number of hydrogen-bond acceptors (Lipinski definition) is 3. The molecule has 3 nitrogen and oxygen atoms in total. The average Bonchev–Trinajstić information content (AvgIpc) is 2.50. The molecule has 0 aliphatic carbocycles. The third kappa shape index (κ3) is 4.77. The summed E-state index contributed by atoms with van der Waals surface area (Å²) < 4.78 is 13.1. The van der Waals surface area contributed by atoms with E-state index in [0.717, 1.165) is 37.7 Å². The predicted octanol–water partition coefficient (Wildman–Crippen LogP) is 4.51. The molecule has 0 bridgehead atoms. The van der Waals surface area contributed by atoms with E-state index in [-0.39, 0.29) is 23.9 Å². The van der Waals surface area contributed by atoms with Crippen molar-refractivity contribution in [1.82, 2.24) is 5.06 Å². The van der Waals surface area contributed by atoms with Crippen molar-refractivity contribution in [3.05, 3.63) is 35.6 Å². The van der Waals surface area contributed by atoms with Crippen molar-refractivity contribution in [2.24, 2.45) is 5.41 Å². The Morgan fingerprint density at radius 1 is 1.22 bits per heavy atom. The molecule has 0 spiro atoms. The zero-order chi connectivity index (χ0) is 17.0. The van der Waals surface area contributed by atoms with Gasteiger partial charge in [0.2, 0.25) is 0 Å². The first-order chi connectivity index (χ1) is 10.8. The molecule has 4 heteroatoms. The van der Waals surface area contributed by atoms with Crippen LogP contribution in [0.1, 0.15) is 58.9 Å². The van der Waals surface area contributed by atoms with Gasteiger partial charge in [-0.2, -0.15) is 0 Å². The lowest BCUT2D eigenvalue weighted by Gasteiger charge is -2.41. The highest BCUT2D eigenvalue weighted by molar-refractivity contribution is 5.75. The van der Waals surface area contributed by atoms with Crippen LogP contribution in [0.25, 0.3) is 0 Å². The molecule has 1 aliphatic rings. The van der Waals surface area contributed by atoms with Gasteiger partial charge in [0.25, 0.3) is 0 Å². The zero-order valence-electron chi connectivity index (χ0n) is 14.6. The molecule has 128 valence electrons. The van der Waals surface area contributed by atoms with Crippen LogP contribution < -0.4 is 0 Å².